The van der Waals surface area contributed by atoms with Gasteiger partial charge in [0.1, 0.15) is 5.75 Å². The lowest BCUT2D eigenvalue weighted by Crippen LogP contribution is -2.30. The van der Waals surface area contributed by atoms with Gasteiger partial charge in [0.05, 0.1) is 0 Å². The minimum atomic E-state index is -0.345. The van der Waals surface area contributed by atoms with Crippen molar-refractivity contribution in [2.75, 3.05) is 0 Å². The van der Waals surface area contributed by atoms with Crippen LogP contribution in [0.25, 0.3) is 0 Å². The van der Waals surface area contributed by atoms with Crippen LogP contribution in [0.15, 0.2) is 12.1 Å². The fourth-order valence-electron chi connectivity index (χ4n) is 1.96. The summed E-state index contributed by atoms with van der Waals surface area (Å²) in [5, 5.41) is 9.34. The smallest absolute Gasteiger partial charge is 0.116 e. The van der Waals surface area contributed by atoms with Crippen LogP contribution in [0.3, 0.4) is 0 Å². The second kappa shape index (κ2) is 3.04. The normalized spacial score (nSPS) is 11.8. The monoisotopic (exact) mass is 179 g/mol. The van der Waals surface area contributed by atoms with Crippen molar-refractivity contribution in [1.82, 2.24) is 0 Å². The van der Waals surface area contributed by atoms with Gasteiger partial charge in [-0.2, -0.15) is 0 Å². The Kier molecular flexibility index (Phi) is 2.35. The Morgan fingerprint density at radius 1 is 1.15 bits per heavy atom. The summed E-state index contributed by atoms with van der Waals surface area (Å²) in [6.45, 7) is 7.88. The average Bonchev–Trinajstić information content (AvgIpc) is 1.78. The van der Waals surface area contributed by atoms with Crippen molar-refractivity contribution in [3.05, 3.63) is 28.8 Å². The van der Waals surface area contributed by atoms with Crippen molar-refractivity contribution in [3.63, 3.8) is 0 Å². The maximum atomic E-state index is 9.34. The largest absolute Gasteiger partial charge is 0.508 e. The maximum absolute atomic E-state index is 9.34. The summed E-state index contributed by atoms with van der Waals surface area (Å²) >= 11 is 0. The molecule has 13 heavy (non-hydrogen) atoms. The van der Waals surface area contributed by atoms with Gasteiger partial charge in [-0.3, -0.25) is 0 Å². The summed E-state index contributed by atoms with van der Waals surface area (Å²) in [6, 6.07) is 3.49. The van der Waals surface area contributed by atoms with Crippen molar-refractivity contribution >= 4 is 0 Å². The molecule has 0 atom stereocenters. The molecule has 0 bridgehead atoms. The van der Waals surface area contributed by atoms with Gasteiger partial charge in [0, 0.05) is 5.54 Å². The van der Waals surface area contributed by atoms with Crippen molar-refractivity contribution in [2.45, 2.75) is 33.2 Å². The molecule has 3 N–H and O–H groups in total. The van der Waals surface area contributed by atoms with E-state index in [0.717, 1.165) is 16.7 Å². The predicted octanol–water partition coefficient (Wildman–Crippen LogP) is 2.20. The predicted molar refractivity (Wildman–Crippen MR) is 54.8 cm³/mol. The fraction of sp³-hybridized carbons (Fsp3) is 0.455. The van der Waals surface area contributed by atoms with Crippen LogP contribution >= 0.6 is 0 Å². The third-order valence-corrected chi connectivity index (χ3v) is 2.16. The van der Waals surface area contributed by atoms with E-state index in [-0.39, 0.29) is 5.54 Å². The number of phenols is 1. The van der Waals surface area contributed by atoms with Crippen molar-refractivity contribution in [2.24, 2.45) is 5.73 Å². The van der Waals surface area contributed by atoms with Gasteiger partial charge in [0.2, 0.25) is 0 Å². The molecule has 0 aromatic heterocycles. The Morgan fingerprint density at radius 2 is 1.54 bits per heavy atom. The SMILES string of the molecule is Cc1cc(O)cc(C)c1C(C)(C)N. The van der Waals surface area contributed by atoms with E-state index in [0.29, 0.717) is 5.75 Å². The van der Waals surface area contributed by atoms with Gasteiger partial charge in [-0.15, -0.1) is 0 Å². The van der Waals surface area contributed by atoms with E-state index >= 15 is 0 Å². The highest BCUT2D eigenvalue weighted by Crippen LogP contribution is 2.28. The fourth-order valence-corrected chi connectivity index (χ4v) is 1.96. The summed E-state index contributed by atoms with van der Waals surface area (Å²) in [7, 11) is 0. The topological polar surface area (TPSA) is 46.2 Å². The molecular formula is C11H17NO. The standard InChI is InChI=1S/C11H17NO/c1-7-5-9(13)6-8(2)10(7)11(3,4)12/h5-6,13H,12H2,1-4H3. The zero-order chi connectivity index (χ0) is 10.2. The van der Waals surface area contributed by atoms with Crippen LogP contribution in [0, 0.1) is 13.8 Å². The number of aromatic hydroxyl groups is 1. The highest BCUT2D eigenvalue weighted by Gasteiger charge is 2.19. The number of aryl methyl sites for hydroxylation is 2. The van der Waals surface area contributed by atoms with Crippen LogP contribution in [-0.2, 0) is 5.54 Å². The number of phenolic OH excluding ortho intramolecular Hbond substituents is 1. The minimum absolute atomic E-state index is 0.308. The first-order valence-corrected chi connectivity index (χ1v) is 4.42. The van der Waals surface area contributed by atoms with Crippen molar-refractivity contribution in [3.8, 4) is 5.75 Å². The minimum Gasteiger partial charge on any atom is -0.508 e. The summed E-state index contributed by atoms with van der Waals surface area (Å²) in [4.78, 5) is 0. The van der Waals surface area contributed by atoms with Crippen molar-refractivity contribution in [1.29, 1.82) is 0 Å². The summed E-state index contributed by atoms with van der Waals surface area (Å²) in [5.41, 5.74) is 8.89. The Labute approximate surface area is 79.4 Å². The van der Waals surface area contributed by atoms with Gasteiger partial charge in [-0.25, -0.2) is 0 Å². The van der Waals surface area contributed by atoms with Crippen LogP contribution in [0.1, 0.15) is 30.5 Å². The van der Waals surface area contributed by atoms with Gasteiger partial charge < -0.3 is 10.8 Å². The van der Waals surface area contributed by atoms with Gasteiger partial charge in [-0.1, -0.05) is 0 Å². The van der Waals surface area contributed by atoms with E-state index in [1.54, 1.807) is 12.1 Å². The zero-order valence-corrected chi connectivity index (χ0v) is 8.68. The molecule has 0 aliphatic carbocycles. The lowest BCUT2D eigenvalue weighted by Gasteiger charge is -2.24. The number of rotatable bonds is 1. The molecule has 2 heteroatoms. The molecule has 0 spiro atoms. The molecule has 1 rings (SSSR count). The van der Waals surface area contributed by atoms with Gasteiger partial charge in [0.25, 0.3) is 0 Å². The first kappa shape index (κ1) is 10.1. The molecule has 2 nitrogen and oxygen atoms in total. The first-order chi connectivity index (χ1) is 5.82. The van der Waals surface area contributed by atoms with Crippen molar-refractivity contribution < 1.29 is 5.11 Å². The third-order valence-electron chi connectivity index (χ3n) is 2.16. The molecule has 0 aliphatic rings. The Bertz CT molecular complexity index is 300. The number of hydrogen-bond acceptors (Lipinski definition) is 2. The van der Waals surface area contributed by atoms with Crippen LogP contribution in [0.2, 0.25) is 0 Å². The second-order valence-electron chi connectivity index (χ2n) is 4.18. The lowest BCUT2D eigenvalue weighted by atomic mass is 9.87. The summed E-state index contributed by atoms with van der Waals surface area (Å²) < 4.78 is 0. The van der Waals surface area contributed by atoms with Crippen LogP contribution in [0.4, 0.5) is 0 Å². The van der Waals surface area contributed by atoms with E-state index in [9.17, 15) is 5.11 Å². The van der Waals surface area contributed by atoms with E-state index in [2.05, 4.69) is 0 Å². The number of hydrogen-bond donors (Lipinski definition) is 2. The molecule has 0 fully saturated rings. The number of benzene rings is 1. The van der Waals surface area contributed by atoms with Crippen LogP contribution in [0.5, 0.6) is 5.75 Å². The molecule has 72 valence electrons. The molecule has 0 amide bonds. The summed E-state index contributed by atoms with van der Waals surface area (Å²) in [6.07, 6.45) is 0. The summed E-state index contributed by atoms with van der Waals surface area (Å²) in [5.74, 6) is 0.308. The molecule has 1 aromatic rings. The number of nitrogens with two attached hydrogens (primary N) is 1. The average molecular weight is 179 g/mol. The highest BCUT2D eigenvalue weighted by molar-refractivity contribution is 5.43. The molecular weight excluding hydrogens is 162 g/mol. The molecule has 0 unspecified atom stereocenters. The van der Waals surface area contributed by atoms with Crippen LogP contribution in [-0.4, -0.2) is 5.11 Å². The Hall–Kier alpha value is -1.02. The van der Waals surface area contributed by atoms with Gasteiger partial charge in [0.15, 0.2) is 0 Å². The zero-order valence-electron chi connectivity index (χ0n) is 8.68. The van der Waals surface area contributed by atoms with Gasteiger partial charge >= 0.3 is 0 Å². The van der Waals surface area contributed by atoms with Crippen LogP contribution < -0.4 is 5.73 Å². The molecule has 0 saturated heterocycles. The van der Waals surface area contributed by atoms with E-state index in [1.165, 1.54) is 0 Å². The van der Waals surface area contributed by atoms with E-state index < -0.39 is 0 Å². The first-order valence-electron chi connectivity index (χ1n) is 4.42. The third kappa shape index (κ3) is 2.01. The molecule has 0 heterocycles. The molecule has 0 radical (unpaired) electrons. The highest BCUT2D eigenvalue weighted by atomic mass is 16.3. The quantitative estimate of drug-likeness (QED) is 0.694. The molecule has 1 aromatic carbocycles. The Balaban J connectivity index is 3.38. The lowest BCUT2D eigenvalue weighted by molar-refractivity contribution is 0.471. The van der Waals surface area contributed by atoms with Gasteiger partial charge in [-0.05, 0) is 56.5 Å². The van der Waals surface area contributed by atoms with E-state index in [4.69, 9.17) is 5.73 Å². The maximum Gasteiger partial charge on any atom is 0.116 e. The van der Waals surface area contributed by atoms with E-state index in [1.807, 2.05) is 27.7 Å². The Morgan fingerprint density at radius 3 is 1.85 bits per heavy atom. The molecule has 0 aliphatic heterocycles. The molecule has 0 saturated carbocycles. The second-order valence-corrected chi connectivity index (χ2v) is 4.18.